The number of halogens is 2. The lowest BCUT2D eigenvalue weighted by molar-refractivity contribution is 0.597. The van der Waals surface area contributed by atoms with E-state index in [2.05, 4.69) is 26.3 Å². The first-order valence-corrected chi connectivity index (χ1v) is 5.82. The van der Waals surface area contributed by atoms with Crippen LogP contribution in [-0.2, 0) is 0 Å². The molecular weight excluding hydrogens is 285 g/mol. The summed E-state index contributed by atoms with van der Waals surface area (Å²) in [6, 6.07) is 8.79. The Kier molecular flexibility index (Phi) is 3.83. The molecule has 2 aromatic rings. The summed E-state index contributed by atoms with van der Waals surface area (Å²) in [5.74, 6) is 5.14. The van der Waals surface area contributed by atoms with E-state index in [1.165, 1.54) is 6.07 Å². The first-order valence-electron chi connectivity index (χ1n) is 5.03. The standard InChI is InChI=1S/C12H11BrFN3/c13-10-3-1-2-8(4-10)12(17-15)9-5-11(14)7-16-6-9/h1-7,12,17H,15H2. The zero-order valence-corrected chi connectivity index (χ0v) is 10.5. The molecule has 0 aliphatic rings. The van der Waals surface area contributed by atoms with E-state index < -0.39 is 0 Å². The van der Waals surface area contributed by atoms with Crippen molar-refractivity contribution in [2.75, 3.05) is 0 Å². The smallest absolute Gasteiger partial charge is 0.141 e. The Bertz CT molecular complexity index is 473. The lowest BCUT2D eigenvalue weighted by Gasteiger charge is -2.16. The van der Waals surface area contributed by atoms with Crippen LogP contribution in [0.1, 0.15) is 17.2 Å². The van der Waals surface area contributed by atoms with Crippen LogP contribution in [0.15, 0.2) is 47.2 Å². The van der Waals surface area contributed by atoms with Crippen molar-refractivity contribution in [2.24, 2.45) is 5.84 Å². The summed E-state index contributed by atoms with van der Waals surface area (Å²) in [5, 5.41) is 0. The molecule has 0 bridgehead atoms. The van der Waals surface area contributed by atoms with Gasteiger partial charge in [0.05, 0.1) is 12.2 Å². The lowest BCUT2D eigenvalue weighted by Crippen LogP contribution is -2.29. The van der Waals surface area contributed by atoms with E-state index >= 15 is 0 Å². The average molecular weight is 296 g/mol. The second-order valence-corrected chi connectivity index (χ2v) is 4.51. The number of aromatic nitrogens is 1. The van der Waals surface area contributed by atoms with Crippen molar-refractivity contribution in [3.8, 4) is 0 Å². The van der Waals surface area contributed by atoms with Crippen LogP contribution in [0.4, 0.5) is 4.39 Å². The highest BCUT2D eigenvalue weighted by Gasteiger charge is 2.13. The fourth-order valence-corrected chi connectivity index (χ4v) is 2.07. The maximum Gasteiger partial charge on any atom is 0.141 e. The molecule has 0 saturated heterocycles. The fraction of sp³-hybridized carbons (Fsp3) is 0.0833. The van der Waals surface area contributed by atoms with Gasteiger partial charge in [0.1, 0.15) is 5.82 Å². The first-order chi connectivity index (χ1) is 8.20. The van der Waals surface area contributed by atoms with Gasteiger partial charge in [0.2, 0.25) is 0 Å². The van der Waals surface area contributed by atoms with Crippen molar-refractivity contribution in [1.82, 2.24) is 10.4 Å². The Labute approximate surface area is 107 Å². The first kappa shape index (κ1) is 12.2. The molecule has 0 aliphatic heterocycles. The fourth-order valence-electron chi connectivity index (χ4n) is 1.66. The van der Waals surface area contributed by atoms with Crippen LogP contribution in [0.2, 0.25) is 0 Å². The normalized spacial score (nSPS) is 12.4. The van der Waals surface area contributed by atoms with Crippen LogP contribution in [0.25, 0.3) is 0 Å². The van der Waals surface area contributed by atoms with Crippen molar-refractivity contribution >= 4 is 15.9 Å². The number of nitrogens with one attached hydrogen (secondary N) is 1. The third-order valence-electron chi connectivity index (χ3n) is 2.41. The maximum atomic E-state index is 13.1. The van der Waals surface area contributed by atoms with Crippen molar-refractivity contribution < 1.29 is 4.39 Å². The molecule has 1 heterocycles. The van der Waals surface area contributed by atoms with E-state index in [4.69, 9.17) is 5.84 Å². The summed E-state index contributed by atoms with van der Waals surface area (Å²) < 4.78 is 14.1. The molecule has 0 aliphatic carbocycles. The molecule has 88 valence electrons. The number of hydrogen-bond donors (Lipinski definition) is 2. The van der Waals surface area contributed by atoms with Crippen LogP contribution in [0, 0.1) is 5.82 Å². The molecule has 1 unspecified atom stereocenters. The molecular formula is C12H11BrFN3. The average Bonchev–Trinajstić information content (AvgIpc) is 2.30. The van der Waals surface area contributed by atoms with Gasteiger partial charge < -0.3 is 0 Å². The highest BCUT2D eigenvalue weighted by molar-refractivity contribution is 9.10. The molecule has 5 heteroatoms. The molecule has 0 saturated carbocycles. The monoisotopic (exact) mass is 295 g/mol. The summed E-state index contributed by atoms with van der Waals surface area (Å²) in [5.41, 5.74) is 4.29. The van der Waals surface area contributed by atoms with Gasteiger partial charge in [-0.2, -0.15) is 0 Å². The van der Waals surface area contributed by atoms with E-state index in [0.29, 0.717) is 5.56 Å². The molecule has 1 aromatic heterocycles. The third kappa shape index (κ3) is 2.88. The predicted octanol–water partition coefficient (Wildman–Crippen LogP) is 2.54. The third-order valence-corrected chi connectivity index (χ3v) is 2.90. The molecule has 0 radical (unpaired) electrons. The molecule has 3 nitrogen and oxygen atoms in total. The van der Waals surface area contributed by atoms with Crippen LogP contribution < -0.4 is 11.3 Å². The Balaban J connectivity index is 2.40. The molecule has 0 fully saturated rings. The van der Waals surface area contributed by atoms with Gasteiger partial charge in [-0.3, -0.25) is 10.8 Å². The van der Waals surface area contributed by atoms with Crippen LogP contribution >= 0.6 is 15.9 Å². The SMILES string of the molecule is NNC(c1cncc(F)c1)c1cccc(Br)c1. The molecule has 17 heavy (non-hydrogen) atoms. The predicted molar refractivity (Wildman–Crippen MR) is 67.5 cm³/mol. The number of nitrogens with two attached hydrogens (primary N) is 1. The maximum absolute atomic E-state index is 13.1. The number of hydrogen-bond acceptors (Lipinski definition) is 3. The minimum absolute atomic E-state index is 0.282. The Hall–Kier alpha value is -1.30. The van der Waals surface area contributed by atoms with Crippen molar-refractivity contribution in [2.45, 2.75) is 6.04 Å². The van der Waals surface area contributed by atoms with Gasteiger partial charge in [0.25, 0.3) is 0 Å². The molecule has 2 rings (SSSR count). The van der Waals surface area contributed by atoms with Crippen molar-refractivity contribution in [3.63, 3.8) is 0 Å². The zero-order chi connectivity index (χ0) is 12.3. The highest BCUT2D eigenvalue weighted by atomic mass is 79.9. The molecule has 0 amide bonds. The number of hydrazine groups is 1. The number of pyridine rings is 1. The summed E-state index contributed by atoms with van der Waals surface area (Å²) in [4.78, 5) is 3.82. The Morgan fingerprint density at radius 2 is 2.06 bits per heavy atom. The van der Waals surface area contributed by atoms with Gasteiger partial charge in [-0.05, 0) is 29.3 Å². The quantitative estimate of drug-likeness (QED) is 0.676. The second kappa shape index (κ2) is 5.35. The number of rotatable bonds is 3. The number of benzene rings is 1. The summed E-state index contributed by atoms with van der Waals surface area (Å²) >= 11 is 3.39. The molecule has 1 atom stereocenters. The van der Waals surface area contributed by atoms with E-state index in [0.717, 1.165) is 16.2 Å². The minimum atomic E-state index is -0.377. The van der Waals surface area contributed by atoms with E-state index in [-0.39, 0.29) is 11.9 Å². The van der Waals surface area contributed by atoms with Crippen molar-refractivity contribution in [3.05, 3.63) is 64.1 Å². The van der Waals surface area contributed by atoms with Gasteiger partial charge in [-0.1, -0.05) is 28.1 Å². The van der Waals surface area contributed by atoms with Gasteiger partial charge in [0.15, 0.2) is 0 Å². The largest absolute Gasteiger partial charge is 0.271 e. The topological polar surface area (TPSA) is 50.9 Å². The summed E-state index contributed by atoms with van der Waals surface area (Å²) in [6.07, 6.45) is 2.76. The van der Waals surface area contributed by atoms with Crippen LogP contribution in [0.5, 0.6) is 0 Å². The zero-order valence-electron chi connectivity index (χ0n) is 8.90. The lowest BCUT2D eigenvalue weighted by atomic mass is 10.0. The van der Waals surface area contributed by atoms with Gasteiger partial charge in [0, 0.05) is 10.7 Å². The molecule has 0 spiro atoms. The van der Waals surface area contributed by atoms with Crippen LogP contribution in [0.3, 0.4) is 0 Å². The van der Waals surface area contributed by atoms with Gasteiger partial charge in [-0.25, -0.2) is 9.82 Å². The number of nitrogens with zero attached hydrogens (tertiary/aromatic N) is 1. The Morgan fingerprint density at radius 1 is 1.24 bits per heavy atom. The molecule has 1 aromatic carbocycles. The second-order valence-electron chi connectivity index (χ2n) is 3.59. The highest BCUT2D eigenvalue weighted by Crippen LogP contribution is 2.23. The van der Waals surface area contributed by atoms with E-state index in [1.54, 1.807) is 6.20 Å². The van der Waals surface area contributed by atoms with Gasteiger partial charge >= 0.3 is 0 Å². The summed E-state index contributed by atoms with van der Waals surface area (Å²) in [6.45, 7) is 0. The van der Waals surface area contributed by atoms with E-state index in [9.17, 15) is 4.39 Å². The summed E-state index contributed by atoms with van der Waals surface area (Å²) in [7, 11) is 0. The Morgan fingerprint density at radius 3 is 2.71 bits per heavy atom. The molecule has 3 N–H and O–H groups in total. The van der Waals surface area contributed by atoms with Crippen molar-refractivity contribution in [1.29, 1.82) is 0 Å². The van der Waals surface area contributed by atoms with Gasteiger partial charge in [-0.15, -0.1) is 0 Å². The van der Waals surface area contributed by atoms with E-state index in [1.807, 2.05) is 24.3 Å². The van der Waals surface area contributed by atoms with Crippen LogP contribution in [-0.4, -0.2) is 4.98 Å². The minimum Gasteiger partial charge on any atom is -0.271 e.